The minimum Gasteiger partial charge on any atom is -0.493 e. The zero-order valence-corrected chi connectivity index (χ0v) is 11.1. The topological polar surface area (TPSA) is 48.4 Å². The molecule has 0 aliphatic rings. The molecule has 18 heavy (non-hydrogen) atoms. The van der Waals surface area contributed by atoms with E-state index >= 15 is 0 Å². The minimum atomic E-state index is -0.385. The molecule has 0 N–H and O–H groups in total. The van der Waals surface area contributed by atoms with Gasteiger partial charge in [-0.05, 0) is 18.9 Å². The second-order valence-corrected chi connectivity index (χ2v) is 4.07. The lowest BCUT2D eigenvalue weighted by atomic mass is 10.3. The lowest BCUT2D eigenvalue weighted by Gasteiger charge is -2.07. The van der Waals surface area contributed by atoms with E-state index in [0.717, 1.165) is 25.7 Å². The van der Waals surface area contributed by atoms with Gasteiger partial charge in [-0.15, -0.1) is 0 Å². The third-order valence-electron chi connectivity index (χ3n) is 2.44. The molecule has 0 aliphatic heterocycles. The molecule has 0 unspecified atom stereocenters. The molecule has 1 aromatic rings. The maximum atomic E-state index is 11.7. The molecule has 0 radical (unpaired) electrons. The van der Waals surface area contributed by atoms with Crippen LogP contribution in [0.25, 0.3) is 0 Å². The third-order valence-corrected chi connectivity index (χ3v) is 2.44. The van der Waals surface area contributed by atoms with Gasteiger partial charge in [-0.1, -0.05) is 26.7 Å². The van der Waals surface area contributed by atoms with Crippen LogP contribution in [0, 0.1) is 0 Å². The van der Waals surface area contributed by atoms with E-state index in [-0.39, 0.29) is 5.97 Å². The van der Waals surface area contributed by atoms with Crippen molar-refractivity contribution in [1.29, 1.82) is 0 Å². The van der Waals surface area contributed by atoms with Crippen LogP contribution in [0.2, 0.25) is 0 Å². The molecule has 0 atom stereocenters. The fraction of sp³-hybridized carbons (Fsp3) is 0.571. The number of rotatable bonds is 8. The van der Waals surface area contributed by atoms with Crippen molar-refractivity contribution in [2.45, 2.75) is 39.5 Å². The van der Waals surface area contributed by atoms with E-state index in [1.54, 1.807) is 18.3 Å². The Bertz CT molecular complexity index is 366. The van der Waals surface area contributed by atoms with E-state index in [4.69, 9.17) is 9.47 Å². The first-order valence-corrected chi connectivity index (χ1v) is 6.54. The van der Waals surface area contributed by atoms with Crippen LogP contribution < -0.4 is 4.74 Å². The number of ether oxygens (including phenoxy) is 2. The molecule has 0 saturated carbocycles. The maximum Gasteiger partial charge on any atom is 0.357 e. The summed E-state index contributed by atoms with van der Waals surface area (Å²) >= 11 is 0. The molecule has 0 amide bonds. The molecule has 1 aromatic heterocycles. The van der Waals surface area contributed by atoms with Gasteiger partial charge in [0.05, 0.1) is 13.2 Å². The lowest BCUT2D eigenvalue weighted by Crippen LogP contribution is -2.08. The lowest BCUT2D eigenvalue weighted by molar-refractivity contribution is 0.0492. The molecule has 0 saturated heterocycles. The third kappa shape index (κ3) is 5.17. The SMILES string of the molecule is CCCCOC(=O)c1cc(OCCCC)ccn1. The first kappa shape index (κ1) is 14.5. The smallest absolute Gasteiger partial charge is 0.357 e. The summed E-state index contributed by atoms with van der Waals surface area (Å²) in [5.74, 6) is 0.283. The minimum absolute atomic E-state index is 0.306. The van der Waals surface area contributed by atoms with E-state index in [2.05, 4.69) is 11.9 Å². The van der Waals surface area contributed by atoms with Crippen LogP contribution in [-0.4, -0.2) is 24.2 Å². The monoisotopic (exact) mass is 251 g/mol. The van der Waals surface area contributed by atoms with Crippen molar-refractivity contribution in [2.75, 3.05) is 13.2 Å². The van der Waals surface area contributed by atoms with Crippen molar-refractivity contribution in [3.05, 3.63) is 24.0 Å². The van der Waals surface area contributed by atoms with Crippen LogP contribution in [0.3, 0.4) is 0 Å². The summed E-state index contributed by atoms with van der Waals surface area (Å²) in [6.07, 6.45) is 5.52. The second-order valence-electron chi connectivity index (χ2n) is 4.07. The summed E-state index contributed by atoms with van der Waals surface area (Å²) < 4.78 is 10.6. The predicted octanol–water partition coefficient (Wildman–Crippen LogP) is 3.22. The van der Waals surface area contributed by atoms with E-state index in [1.165, 1.54) is 0 Å². The van der Waals surface area contributed by atoms with Crippen LogP contribution in [-0.2, 0) is 4.74 Å². The number of carbonyl (C=O) groups is 1. The van der Waals surface area contributed by atoms with Crippen molar-refractivity contribution < 1.29 is 14.3 Å². The number of unbranched alkanes of at least 4 members (excludes halogenated alkanes) is 2. The zero-order chi connectivity index (χ0) is 13.2. The van der Waals surface area contributed by atoms with E-state index in [9.17, 15) is 4.79 Å². The van der Waals surface area contributed by atoms with Crippen LogP contribution >= 0.6 is 0 Å². The van der Waals surface area contributed by atoms with Gasteiger partial charge in [0.2, 0.25) is 0 Å². The summed E-state index contributed by atoms with van der Waals surface area (Å²) in [7, 11) is 0. The number of aromatic nitrogens is 1. The number of hydrogen-bond donors (Lipinski definition) is 0. The Hall–Kier alpha value is -1.58. The summed E-state index contributed by atoms with van der Waals surface area (Å²) in [5.41, 5.74) is 0.306. The molecule has 0 aromatic carbocycles. The van der Waals surface area contributed by atoms with Gasteiger partial charge in [0.15, 0.2) is 5.69 Å². The van der Waals surface area contributed by atoms with Gasteiger partial charge in [-0.3, -0.25) is 0 Å². The Morgan fingerprint density at radius 3 is 2.67 bits per heavy atom. The van der Waals surface area contributed by atoms with Crippen molar-refractivity contribution in [3.63, 3.8) is 0 Å². The Morgan fingerprint density at radius 2 is 1.94 bits per heavy atom. The maximum absolute atomic E-state index is 11.7. The van der Waals surface area contributed by atoms with E-state index in [1.807, 2.05) is 6.92 Å². The highest BCUT2D eigenvalue weighted by molar-refractivity contribution is 5.87. The van der Waals surface area contributed by atoms with Crippen LogP contribution in [0.1, 0.15) is 50.0 Å². The highest BCUT2D eigenvalue weighted by Gasteiger charge is 2.09. The number of hydrogen-bond acceptors (Lipinski definition) is 4. The van der Waals surface area contributed by atoms with Gasteiger partial charge in [0.25, 0.3) is 0 Å². The number of nitrogens with zero attached hydrogens (tertiary/aromatic N) is 1. The van der Waals surface area contributed by atoms with Crippen molar-refractivity contribution in [2.24, 2.45) is 0 Å². The highest BCUT2D eigenvalue weighted by Crippen LogP contribution is 2.12. The van der Waals surface area contributed by atoms with Crippen molar-refractivity contribution in [1.82, 2.24) is 4.98 Å². The van der Waals surface area contributed by atoms with Gasteiger partial charge in [-0.25, -0.2) is 9.78 Å². The van der Waals surface area contributed by atoms with E-state index < -0.39 is 0 Å². The first-order chi connectivity index (χ1) is 8.77. The molecule has 0 bridgehead atoms. The Balaban J connectivity index is 2.49. The Kier molecular flexibility index (Phi) is 6.84. The molecule has 100 valence electrons. The van der Waals surface area contributed by atoms with Gasteiger partial charge in [0, 0.05) is 12.3 Å². The van der Waals surface area contributed by atoms with Crippen LogP contribution in [0.15, 0.2) is 18.3 Å². The summed E-state index contributed by atoms with van der Waals surface area (Å²) in [6.45, 7) is 5.25. The molecule has 1 heterocycles. The van der Waals surface area contributed by atoms with Gasteiger partial charge >= 0.3 is 5.97 Å². The zero-order valence-electron chi connectivity index (χ0n) is 11.1. The van der Waals surface area contributed by atoms with Crippen LogP contribution in [0.5, 0.6) is 5.75 Å². The quantitative estimate of drug-likeness (QED) is 0.526. The first-order valence-electron chi connectivity index (χ1n) is 6.54. The highest BCUT2D eigenvalue weighted by atomic mass is 16.5. The molecule has 4 heteroatoms. The fourth-order valence-corrected chi connectivity index (χ4v) is 1.33. The number of carbonyl (C=O) groups excluding carboxylic acids is 1. The van der Waals surface area contributed by atoms with Gasteiger partial charge < -0.3 is 9.47 Å². The predicted molar refractivity (Wildman–Crippen MR) is 69.8 cm³/mol. The molecular weight excluding hydrogens is 230 g/mol. The normalized spacial score (nSPS) is 10.1. The molecule has 4 nitrogen and oxygen atoms in total. The average molecular weight is 251 g/mol. The molecular formula is C14H21NO3. The molecule has 0 spiro atoms. The Morgan fingerprint density at radius 1 is 1.22 bits per heavy atom. The van der Waals surface area contributed by atoms with E-state index in [0.29, 0.717) is 24.7 Å². The summed E-state index contributed by atoms with van der Waals surface area (Å²) in [4.78, 5) is 15.7. The summed E-state index contributed by atoms with van der Waals surface area (Å²) in [6, 6.07) is 3.38. The van der Waals surface area contributed by atoms with Crippen molar-refractivity contribution >= 4 is 5.97 Å². The largest absolute Gasteiger partial charge is 0.493 e. The average Bonchev–Trinajstić information content (AvgIpc) is 2.39. The Labute approximate surface area is 108 Å². The number of esters is 1. The van der Waals surface area contributed by atoms with Gasteiger partial charge in [0.1, 0.15) is 5.75 Å². The second kappa shape index (κ2) is 8.50. The van der Waals surface area contributed by atoms with Crippen LogP contribution in [0.4, 0.5) is 0 Å². The van der Waals surface area contributed by atoms with Crippen molar-refractivity contribution in [3.8, 4) is 5.75 Å². The number of pyridine rings is 1. The van der Waals surface area contributed by atoms with Gasteiger partial charge in [-0.2, -0.15) is 0 Å². The summed E-state index contributed by atoms with van der Waals surface area (Å²) in [5, 5.41) is 0. The molecule has 1 rings (SSSR count). The molecule has 0 fully saturated rings. The standard InChI is InChI=1S/C14H21NO3/c1-3-5-9-17-12-7-8-15-13(11-12)14(16)18-10-6-4-2/h7-8,11H,3-6,9-10H2,1-2H3. The molecule has 0 aliphatic carbocycles. The fourth-order valence-electron chi connectivity index (χ4n) is 1.33.